The van der Waals surface area contributed by atoms with Crippen LogP contribution in [0.1, 0.15) is 96.6 Å². The van der Waals surface area contributed by atoms with E-state index in [1.54, 1.807) is 0 Å². The lowest BCUT2D eigenvalue weighted by Gasteiger charge is -2.59. The Hall–Kier alpha value is -1.31. The molecule has 3 aliphatic carbocycles. The molecule has 1 aromatic rings. The number of hydrogen-bond acceptors (Lipinski definition) is 2. The number of fused-ring (bicyclic) bond motifs is 2. The maximum absolute atomic E-state index is 12.5. The highest BCUT2D eigenvalue weighted by atomic mass is 16.3. The summed E-state index contributed by atoms with van der Waals surface area (Å²) < 4.78 is 0. The van der Waals surface area contributed by atoms with Crippen molar-refractivity contribution in [3.05, 3.63) is 29.3 Å². The van der Waals surface area contributed by atoms with E-state index in [1.807, 2.05) is 6.07 Å². The maximum Gasteiger partial charge on any atom is 0.137 e. The van der Waals surface area contributed by atoms with E-state index in [0.717, 1.165) is 18.4 Å². The second-order valence-electron chi connectivity index (χ2n) is 9.96. The number of phenolic OH excluding ortho intramolecular Hbond substituents is 1. The lowest BCUT2D eigenvalue weighted by Crippen LogP contribution is -2.56. The Balaban J connectivity index is 1.76. The zero-order chi connectivity index (χ0) is 19.1. The summed E-state index contributed by atoms with van der Waals surface area (Å²) in [6, 6.07) is 6.26. The summed E-state index contributed by atoms with van der Waals surface area (Å²) in [6.45, 7) is 11.2. The summed E-state index contributed by atoms with van der Waals surface area (Å²) in [7, 11) is 0. The van der Waals surface area contributed by atoms with Gasteiger partial charge in [0.15, 0.2) is 0 Å². The monoisotopic (exact) mass is 356 g/mol. The normalized spacial score (nSPS) is 27.3. The fraction of sp³-hybridized carbons (Fsp3) is 0.708. The van der Waals surface area contributed by atoms with E-state index in [-0.39, 0.29) is 22.7 Å². The van der Waals surface area contributed by atoms with Gasteiger partial charge in [0.2, 0.25) is 0 Å². The number of ketones is 1. The molecule has 2 heteroatoms. The van der Waals surface area contributed by atoms with Gasteiger partial charge in [0.1, 0.15) is 11.5 Å². The van der Waals surface area contributed by atoms with Crippen LogP contribution in [0.25, 0.3) is 0 Å². The van der Waals surface area contributed by atoms with Gasteiger partial charge in [0.25, 0.3) is 0 Å². The van der Waals surface area contributed by atoms with Crippen LogP contribution in [0.3, 0.4) is 0 Å². The van der Waals surface area contributed by atoms with E-state index < -0.39 is 0 Å². The molecule has 2 nitrogen and oxygen atoms in total. The topological polar surface area (TPSA) is 37.3 Å². The zero-order valence-electron chi connectivity index (χ0n) is 17.3. The highest BCUT2D eigenvalue weighted by Gasteiger charge is 2.58. The van der Waals surface area contributed by atoms with E-state index in [9.17, 15) is 9.90 Å². The third-order valence-electron chi connectivity index (χ3n) is 7.51. The number of aromatic hydroxyl groups is 1. The summed E-state index contributed by atoms with van der Waals surface area (Å²) >= 11 is 0. The van der Waals surface area contributed by atoms with Crippen LogP contribution in [0.4, 0.5) is 0 Å². The van der Waals surface area contributed by atoms with Gasteiger partial charge in [-0.3, -0.25) is 4.79 Å². The smallest absolute Gasteiger partial charge is 0.137 e. The first kappa shape index (κ1) is 19.5. The third kappa shape index (κ3) is 3.32. The molecule has 3 saturated carbocycles. The van der Waals surface area contributed by atoms with Crippen molar-refractivity contribution in [3.8, 4) is 5.75 Å². The van der Waals surface area contributed by atoms with Gasteiger partial charge >= 0.3 is 0 Å². The molecule has 3 aliphatic rings. The number of Topliss-reactive ketones (excluding diaryl/α,β-unsaturated/α-hetero) is 1. The van der Waals surface area contributed by atoms with Gasteiger partial charge in [-0.2, -0.15) is 0 Å². The lowest BCUT2D eigenvalue weighted by atomic mass is 9.44. The molecule has 2 bridgehead atoms. The maximum atomic E-state index is 12.5. The van der Waals surface area contributed by atoms with Crippen molar-refractivity contribution in [3.63, 3.8) is 0 Å². The molecule has 3 atom stereocenters. The van der Waals surface area contributed by atoms with E-state index in [2.05, 4.69) is 46.8 Å². The van der Waals surface area contributed by atoms with Crippen LogP contribution in [0.15, 0.2) is 18.2 Å². The molecule has 1 N–H and O–H groups in total. The fourth-order valence-corrected chi connectivity index (χ4v) is 5.43. The number of carbonyl (C=O) groups is 1. The second-order valence-corrected chi connectivity index (χ2v) is 9.96. The van der Waals surface area contributed by atoms with Gasteiger partial charge in [0, 0.05) is 12.3 Å². The lowest BCUT2D eigenvalue weighted by molar-refractivity contribution is -0.151. The quantitative estimate of drug-likeness (QED) is 0.577. The van der Waals surface area contributed by atoms with Crippen molar-refractivity contribution < 1.29 is 9.90 Å². The van der Waals surface area contributed by atoms with E-state index >= 15 is 0 Å². The fourth-order valence-electron chi connectivity index (χ4n) is 5.43. The van der Waals surface area contributed by atoms with Crippen molar-refractivity contribution in [1.82, 2.24) is 0 Å². The predicted molar refractivity (Wildman–Crippen MR) is 108 cm³/mol. The van der Waals surface area contributed by atoms with Crippen LogP contribution in [0, 0.1) is 17.3 Å². The number of unbranched alkanes of at least 4 members (excludes halogenated alkanes) is 3. The third-order valence-corrected chi connectivity index (χ3v) is 7.51. The van der Waals surface area contributed by atoms with Crippen LogP contribution in [-0.4, -0.2) is 10.9 Å². The molecule has 0 aromatic heterocycles. The SMILES string of the molecule is CCCCCCC(C)(C)c1ccc([C@@H]2CC(=O)[C@H]3C[C@@H]2C3(C)C)c(O)c1. The van der Waals surface area contributed by atoms with Crippen LogP contribution in [-0.2, 0) is 10.2 Å². The number of hydrogen-bond donors (Lipinski definition) is 1. The Kier molecular flexibility index (Phi) is 5.25. The molecular weight excluding hydrogens is 320 g/mol. The van der Waals surface area contributed by atoms with Crippen molar-refractivity contribution >= 4 is 5.78 Å². The molecule has 0 radical (unpaired) electrons. The molecule has 0 unspecified atom stereocenters. The minimum atomic E-state index is 0.0764. The number of rotatable bonds is 7. The van der Waals surface area contributed by atoms with Gasteiger partial charge in [-0.25, -0.2) is 0 Å². The zero-order valence-corrected chi connectivity index (χ0v) is 17.3. The van der Waals surface area contributed by atoms with Crippen molar-refractivity contribution in [2.24, 2.45) is 17.3 Å². The van der Waals surface area contributed by atoms with Crippen molar-refractivity contribution in [1.29, 1.82) is 0 Å². The molecule has 0 aliphatic heterocycles. The highest BCUT2D eigenvalue weighted by Crippen LogP contribution is 2.63. The molecule has 0 amide bonds. The highest BCUT2D eigenvalue weighted by molar-refractivity contribution is 5.86. The van der Waals surface area contributed by atoms with Gasteiger partial charge in [-0.05, 0) is 52.7 Å². The Labute approximate surface area is 159 Å². The largest absolute Gasteiger partial charge is 0.508 e. The Bertz CT molecular complexity index is 671. The van der Waals surface area contributed by atoms with Crippen LogP contribution in [0.2, 0.25) is 0 Å². The molecule has 26 heavy (non-hydrogen) atoms. The minimum Gasteiger partial charge on any atom is -0.508 e. The summed E-state index contributed by atoms with van der Waals surface area (Å²) in [5.41, 5.74) is 2.36. The molecule has 0 spiro atoms. The summed E-state index contributed by atoms with van der Waals surface area (Å²) in [5, 5.41) is 10.8. The summed E-state index contributed by atoms with van der Waals surface area (Å²) in [6.07, 6.45) is 7.82. The first-order chi connectivity index (χ1) is 12.2. The second kappa shape index (κ2) is 7.02. The minimum absolute atomic E-state index is 0.0764. The Morgan fingerprint density at radius 1 is 1.19 bits per heavy atom. The average molecular weight is 357 g/mol. The molecule has 3 fully saturated rings. The van der Waals surface area contributed by atoms with Crippen LogP contribution < -0.4 is 0 Å². The van der Waals surface area contributed by atoms with Crippen molar-refractivity contribution in [2.45, 2.75) is 90.9 Å². The Morgan fingerprint density at radius 3 is 2.50 bits per heavy atom. The molecular formula is C24H36O2. The first-order valence-corrected chi connectivity index (χ1v) is 10.5. The van der Waals surface area contributed by atoms with E-state index in [4.69, 9.17) is 0 Å². The number of carbonyl (C=O) groups excluding carboxylic acids is 1. The molecule has 0 saturated heterocycles. The first-order valence-electron chi connectivity index (χ1n) is 10.5. The van der Waals surface area contributed by atoms with Gasteiger partial charge in [-0.1, -0.05) is 72.4 Å². The summed E-state index contributed by atoms with van der Waals surface area (Å²) in [4.78, 5) is 12.5. The molecule has 1 aromatic carbocycles. The van der Waals surface area contributed by atoms with Gasteiger partial charge < -0.3 is 5.11 Å². The van der Waals surface area contributed by atoms with Gasteiger partial charge in [-0.15, -0.1) is 0 Å². The van der Waals surface area contributed by atoms with Gasteiger partial charge in [0.05, 0.1) is 0 Å². The van der Waals surface area contributed by atoms with Crippen molar-refractivity contribution in [2.75, 3.05) is 0 Å². The average Bonchev–Trinajstić information content (AvgIpc) is 2.57. The number of benzene rings is 1. The van der Waals surface area contributed by atoms with E-state index in [1.165, 1.54) is 31.2 Å². The predicted octanol–water partition coefficient (Wildman–Crippen LogP) is 6.36. The Morgan fingerprint density at radius 2 is 1.92 bits per heavy atom. The van der Waals surface area contributed by atoms with Crippen LogP contribution >= 0.6 is 0 Å². The standard InChI is InChI=1S/C24H36O2/c1-6-7-8-9-12-23(2,3)16-10-11-17(21(25)13-16)18-14-22(26)20-15-19(18)24(20,4)5/h10-11,13,18-20,25H,6-9,12,14-15H2,1-5H3/t18-,19-,20+/m0/s1. The molecule has 0 heterocycles. The van der Waals surface area contributed by atoms with E-state index in [0.29, 0.717) is 23.9 Å². The molecule has 144 valence electrons. The van der Waals surface area contributed by atoms with Crippen LogP contribution in [0.5, 0.6) is 5.75 Å². The summed E-state index contributed by atoms with van der Waals surface area (Å²) in [5.74, 6) is 1.73. The molecule has 4 rings (SSSR count). The number of phenols is 1.